The molecule has 2 rings (SSSR count). The van der Waals surface area contributed by atoms with E-state index in [1.54, 1.807) is 0 Å². The maximum absolute atomic E-state index is 9.47. The standard InChI is InChI=1S/C14H18N2O/c1-11-8-14(10-15,9-12(2)17-11)16-13-6-4-3-5-7-13/h3-7,11-12,16H,8-9H2,1-2H3. The van der Waals surface area contributed by atoms with E-state index in [0.717, 1.165) is 18.5 Å². The van der Waals surface area contributed by atoms with E-state index in [0.29, 0.717) is 0 Å². The lowest BCUT2D eigenvalue weighted by atomic mass is 9.85. The highest BCUT2D eigenvalue weighted by atomic mass is 16.5. The van der Waals surface area contributed by atoms with Gasteiger partial charge in [0.1, 0.15) is 5.54 Å². The van der Waals surface area contributed by atoms with Crippen LogP contribution in [0.4, 0.5) is 5.69 Å². The molecule has 1 N–H and O–H groups in total. The van der Waals surface area contributed by atoms with Gasteiger partial charge in [-0.3, -0.25) is 0 Å². The quantitative estimate of drug-likeness (QED) is 0.849. The lowest BCUT2D eigenvalue weighted by Crippen LogP contribution is -2.47. The number of anilines is 1. The van der Waals surface area contributed by atoms with Gasteiger partial charge in [0, 0.05) is 18.5 Å². The zero-order valence-corrected chi connectivity index (χ0v) is 10.3. The summed E-state index contributed by atoms with van der Waals surface area (Å²) in [7, 11) is 0. The molecule has 1 aromatic carbocycles. The van der Waals surface area contributed by atoms with Crippen LogP contribution in [0.3, 0.4) is 0 Å². The molecule has 1 aliphatic heterocycles. The van der Waals surface area contributed by atoms with Gasteiger partial charge in [-0.05, 0) is 26.0 Å². The minimum atomic E-state index is -0.502. The predicted octanol–water partition coefficient (Wildman–Crippen LogP) is 2.95. The normalized spacial score (nSPS) is 32.8. The molecule has 1 heterocycles. The third-order valence-corrected chi connectivity index (χ3v) is 3.11. The molecule has 0 amide bonds. The number of nitrogens with one attached hydrogen (secondary N) is 1. The zero-order chi connectivity index (χ0) is 12.3. The summed E-state index contributed by atoms with van der Waals surface area (Å²) in [5.74, 6) is 0. The van der Waals surface area contributed by atoms with Gasteiger partial charge in [-0.1, -0.05) is 18.2 Å². The van der Waals surface area contributed by atoms with Crippen molar-refractivity contribution in [3.8, 4) is 6.07 Å². The summed E-state index contributed by atoms with van der Waals surface area (Å²) in [4.78, 5) is 0. The van der Waals surface area contributed by atoms with Gasteiger partial charge in [0.05, 0.1) is 18.3 Å². The van der Waals surface area contributed by atoms with Gasteiger partial charge in [-0.15, -0.1) is 0 Å². The first-order valence-corrected chi connectivity index (χ1v) is 6.03. The number of hydrogen-bond acceptors (Lipinski definition) is 3. The van der Waals surface area contributed by atoms with Crippen molar-refractivity contribution in [2.45, 2.75) is 44.4 Å². The lowest BCUT2D eigenvalue weighted by molar-refractivity contribution is -0.0451. The number of benzene rings is 1. The van der Waals surface area contributed by atoms with Crippen molar-refractivity contribution in [2.24, 2.45) is 0 Å². The number of nitriles is 1. The number of nitrogens with zero attached hydrogens (tertiary/aromatic N) is 1. The Bertz CT molecular complexity index is 400. The van der Waals surface area contributed by atoms with Crippen LogP contribution in [0.25, 0.3) is 0 Å². The summed E-state index contributed by atoms with van der Waals surface area (Å²) in [6.45, 7) is 4.04. The van der Waals surface area contributed by atoms with Crippen LogP contribution in [-0.2, 0) is 4.74 Å². The molecule has 3 heteroatoms. The highest BCUT2D eigenvalue weighted by molar-refractivity contribution is 5.47. The van der Waals surface area contributed by atoms with Crippen molar-refractivity contribution < 1.29 is 4.74 Å². The minimum Gasteiger partial charge on any atom is -0.375 e. The molecule has 1 fully saturated rings. The van der Waals surface area contributed by atoms with Crippen LogP contribution in [0.2, 0.25) is 0 Å². The average Bonchev–Trinajstić information content (AvgIpc) is 2.29. The van der Waals surface area contributed by atoms with Crippen LogP contribution in [0, 0.1) is 11.3 Å². The molecule has 3 nitrogen and oxygen atoms in total. The Hall–Kier alpha value is -1.53. The molecule has 1 saturated heterocycles. The van der Waals surface area contributed by atoms with E-state index in [-0.39, 0.29) is 12.2 Å². The summed E-state index contributed by atoms with van der Waals surface area (Å²) >= 11 is 0. The zero-order valence-electron chi connectivity index (χ0n) is 10.3. The fraction of sp³-hybridized carbons (Fsp3) is 0.500. The molecule has 0 saturated carbocycles. The fourth-order valence-electron chi connectivity index (χ4n) is 2.58. The predicted molar refractivity (Wildman–Crippen MR) is 67.7 cm³/mol. The Balaban J connectivity index is 2.18. The summed E-state index contributed by atoms with van der Waals surface area (Å²) in [6.07, 6.45) is 1.69. The van der Waals surface area contributed by atoms with Crippen molar-refractivity contribution in [1.82, 2.24) is 0 Å². The van der Waals surface area contributed by atoms with E-state index in [2.05, 4.69) is 11.4 Å². The topological polar surface area (TPSA) is 45.0 Å². The summed E-state index contributed by atoms with van der Waals surface area (Å²) in [6, 6.07) is 12.3. The van der Waals surface area contributed by atoms with Gasteiger partial charge in [0.2, 0.25) is 0 Å². The van der Waals surface area contributed by atoms with Crippen molar-refractivity contribution in [3.05, 3.63) is 30.3 Å². The van der Waals surface area contributed by atoms with Crippen LogP contribution < -0.4 is 5.32 Å². The van der Waals surface area contributed by atoms with Crippen LogP contribution in [-0.4, -0.2) is 17.7 Å². The number of hydrogen-bond donors (Lipinski definition) is 1. The molecule has 0 radical (unpaired) electrons. The Labute approximate surface area is 102 Å². The van der Waals surface area contributed by atoms with Crippen LogP contribution >= 0.6 is 0 Å². The van der Waals surface area contributed by atoms with Crippen molar-refractivity contribution in [3.63, 3.8) is 0 Å². The second-order valence-electron chi connectivity index (χ2n) is 4.85. The molecule has 1 aliphatic rings. The number of para-hydroxylation sites is 1. The van der Waals surface area contributed by atoms with Crippen LogP contribution in [0.5, 0.6) is 0 Å². The summed E-state index contributed by atoms with van der Waals surface area (Å²) < 4.78 is 5.69. The van der Waals surface area contributed by atoms with E-state index >= 15 is 0 Å². The first-order valence-electron chi connectivity index (χ1n) is 6.03. The number of rotatable bonds is 2. The molecule has 0 bridgehead atoms. The minimum absolute atomic E-state index is 0.120. The molecule has 2 atom stereocenters. The van der Waals surface area contributed by atoms with Crippen molar-refractivity contribution in [2.75, 3.05) is 5.32 Å². The van der Waals surface area contributed by atoms with Crippen LogP contribution in [0.15, 0.2) is 30.3 Å². The largest absolute Gasteiger partial charge is 0.375 e. The van der Waals surface area contributed by atoms with Gasteiger partial charge >= 0.3 is 0 Å². The average molecular weight is 230 g/mol. The molecule has 0 aliphatic carbocycles. The summed E-state index contributed by atoms with van der Waals surface area (Å²) in [5, 5.41) is 12.8. The lowest BCUT2D eigenvalue weighted by Gasteiger charge is -2.39. The third kappa shape index (κ3) is 2.78. The van der Waals surface area contributed by atoms with E-state index in [4.69, 9.17) is 4.74 Å². The highest BCUT2D eigenvalue weighted by Gasteiger charge is 2.38. The molecule has 2 unspecified atom stereocenters. The van der Waals surface area contributed by atoms with Gasteiger partial charge < -0.3 is 10.1 Å². The molecular formula is C14H18N2O. The molecule has 17 heavy (non-hydrogen) atoms. The third-order valence-electron chi connectivity index (χ3n) is 3.11. The van der Waals surface area contributed by atoms with E-state index in [1.165, 1.54) is 0 Å². The second-order valence-corrected chi connectivity index (χ2v) is 4.85. The van der Waals surface area contributed by atoms with Gasteiger partial charge in [-0.25, -0.2) is 0 Å². The smallest absolute Gasteiger partial charge is 0.130 e. The number of ether oxygens (including phenoxy) is 1. The molecular weight excluding hydrogens is 212 g/mol. The van der Waals surface area contributed by atoms with E-state index < -0.39 is 5.54 Å². The molecule has 90 valence electrons. The van der Waals surface area contributed by atoms with E-state index in [9.17, 15) is 5.26 Å². The molecule has 0 spiro atoms. The van der Waals surface area contributed by atoms with Gasteiger partial charge in [-0.2, -0.15) is 5.26 Å². The van der Waals surface area contributed by atoms with Gasteiger partial charge in [0.15, 0.2) is 0 Å². The Morgan fingerprint density at radius 1 is 1.24 bits per heavy atom. The van der Waals surface area contributed by atoms with Crippen LogP contribution in [0.1, 0.15) is 26.7 Å². The van der Waals surface area contributed by atoms with E-state index in [1.807, 2.05) is 44.2 Å². The molecule has 1 aromatic rings. The Kier molecular flexibility index (Phi) is 3.35. The second kappa shape index (κ2) is 4.77. The highest BCUT2D eigenvalue weighted by Crippen LogP contribution is 2.31. The Morgan fingerprint density at radius 3 is 2.35 bits per heavy atom. The maximum Gasteiger partial charge on any atom is 0.130 e. The van der Waals surface area contributed by atoms with Gasteiger partial charge in [0.25, 0.3) is 0 Å². The fourth-order valence-corrected chi connectivity index (χ4v) is 2.58. The molecule has 0 aromatic heterocycles. The SMILES string of the molecule is CC1CC(C#N)(Nc2ccccc2)CC(C)O1. The Morgan fingerprint density at radius 2 is 1.82 bits per heavy atom. The first kappa shape index (κ1) is 11.9. The first-order chi connectivity index (χ1) is 8.13. The van der Waals surface area contributed by atoms with Crippen molar-refractivity contribution >= 4 is 5.69 Å². The monoisotopic (exact) mass is 230 g/mol. The van der Waals surface area contributed by atoms with Crippen molar-refractivity contribution in [1.29, 1.82) is 5.26 Å². The summed E-state index contributed by atoms with van der Waals surface area (Å²) in [5.41, 5.74) is 0.494. The maximum atomic E-state index is 9.47.